The van der Waals surface area contributed by atoms with E-state index in [0.717, 1.165) is 0 Å². The lowest BCUT2D eigenvalue weighted by atomic mass is 9.99. The summed E-state index contributed by atoms with van der Waals surface area (Å²) in [7, 11) is 0. The Hall–Kier alpha value is -1.51. The van der Waals surface area contributed by atoms with E-state index in [-0.39, 0.29) is 20.3 Å². The molecule has 0 saturated heterocycles. The fraction of sp³-hybridized carbons (Fsp3) is 0.200. The maximum atomic E-state index is 11.1. The lowest BCUT2D eigenvalue weighted by Crippen LogP contribution is -2.11. The van der Waals surface area contributed by atoms with Crippen LogP contribution < -0.4 is 0 Å². The number of aryl methyl sites for hydroxylation is 1. The molecule has 0 spiro atoms. The van der Waals surface area contributed by atoms with Gasteiger partial charge in [0.05, 0.1) is 14.7 Å². The van der Waals surface area contributed by atoms with Crippen molar-refractivity contribution < 1.29 is 25.9 Å². The molecule has 1 rings (SSSR count). The molecular weight excluding hydrogens is 343 g/mol. The predicted octanol–water partition coefficient (Wildman–Crippen LogP) is 2.07. The van der Waals surface area contributed by atoms with Crippen LogP contribution in [0.25, 0.3) is 0 Å². The summed E-state index contributed by atoms with van der Waals surface area (Å²) in [6.45, 7) is 2.67. The Morgan fingerprint density at radius 1 is 1.12 bits per heavy atom. The molecule has 1 aromatic carbocycles. The summed E-state index contributed by atoms with van der Waals surface area (Å²) in [6, 6.07) is 1.18. The number of benzene rings is 1. The molecule has 1 aromatic rings. The Morgan fingerprint density at radius 3 is 2.00 bits per heavy atom. The summed E-state index contributed by atoms with van der Waals surface area (Å²) in [5.41, 5.74) is -0.515. The first-order valence-corrected chi connectivity index (χ1v) is 7.27. The third-order valence-corrected chi connectivity index (χ3v) is 4.58. The molecular formula is C10H9IO6. The van der Waals surface area contributed by atoms with Gasteiger partial charge in [0.1, 0.15) is 0 Å². The fourth-order valence-electron chi connectivity index (χ4n) is 1.56. The predicted molar refractivity (Wildman–Crippen MR) is 63.9 cm³/mol. The van der Waals surface area contributed by atoms with E-state index in [1.807, 2.05) is 0 Å². The van der Waals surface area contributed by atoms with Crippen LogP contribution >= 0.6 is 19.8 Å². The molecule has 0 atom stereocenters. The normalized spacial score (nSPS) is 10.5. The van der Waals surface area contributed by atoms with Crippen molar-refractivity contribution in [1.29, 1.82) is 0 Å². The van der Waals surface area contributed by atoms with E-state index in [4.69, 9.17) is 10.2 Å². The maximum absolute atomic E-state index is 11.1. The highest BCUT2D eigenvalue weighted by Crippen LogP contribution is 2.30. The van der Waals surface area contributed by atoms with Crippen LogP contribution in [0.5, 0.6) is 0 Å². The van der Waals surface area contributed by atoms with Crippen LogP contribution in [-0.4, -0.2) is 22.2 Å². The zero-order valence-corrected chi connectivity index (χ0v) is 11.1. The molecule has 92 valence electrons. The average molecular weight is 352 g/mol. The minimum absolute atomic E-state index is 0.0420. The number of rotatable bonds is 3. The first kappa shape index (κ1) is 13.6. The highest BCUT2D eigenvalue weighted by atomic mass is 127. The van der Waals surface area contributed by atoms with Gasteiger partial charge < -0.3 is 10.2 Å². The zero-order valence-electron chi connectivity index (χ0n) is 8.98. The lowest BCUT2D eigenvalue weighted by molar-refractivity contribution is 0.0694. The summed E-state index contributed by atoms with van der Waals surface area (Å²) in [4.78, 5) is 21.9. The third kappa shape index (κ3) is 2.43. The van der Waals surface area contributed by atoms with E-state index in [0.29, 0.717) is 0 Å². The molecule has 0 saturated carbocycles. The fourth-order valence-corrected chi connectivity index (χ4v) is 3.49. The van der Waals surface area contributed by atoms with Crippen molar-refractivity contribution in [3.63, 3.8) is 0 Å². The van der Waals surface area contributed by atoms with Gasteiger partial charge in [-0.2, -0.15) is 0 Å². The second kappa shape index (κ2) is 4.78. The van der Waals surface area contributed by atoms with Gasteiger partial charge >= 0.3 is 31.7 Å². The molecule has 7 heteroatoms. The smallest absolute Gasteiger partial charge is 0.342 e. The summed E-state index contributed by atoms with van der Waals surface area (Å²) in [5.74, 6) is -2.71. The Balaban J connectivity index is 3.84. The van der Waals surface area contributed by atoms with Gasteiger partial charge in [0.25, 0.3) is 0 Å². The molecule has 2 N–H and O–H groups in total. The van der Waals surface area contributed by atoms with Crippen LogP contribution in [0.3, 0.4) is 0 Å². The number of carboxylic acid groups (broad SMARTS) is 2. The second-order valence-electron chi connectivity index (χ2n) is 3.38. The van der Waals surface area contributed by atoms with Gasteiger partial charge in [0.2, 0.25) is 0 Å². The molecule has 0 unspecified atom stereocenters. The number of hydrogen-bond donors (Lipinski definition) is 2. The quantitative estimate of drug-likeness (QED) is 0.806. The van der Waals surface area contributed by atoms with Crippen molar-refractivity contribution >= 4 is 31.7 Å². The van der Waals surface area contributed by atoms with Gasteiger partial charge in [-0.1, -0.05) is 0 Å². The van der Waals surface area contributed by atoms with Gasteiger partial charge in [-0.15, -0.1) is 0 Å². The topological polar surface area (TPSA) is 109 Å². The van der Waals surface area contributed by atoms with Crippen molar-refractivity contribution in [3.05, 3.63) is 31.9 Å². The molecule has 17 heavy (non-hydrogen) atoms. The molecule has 0 aromatic heterocycles. The van der Waals surface area contributed by atoms with Crippen molar-refractivity contribution in [3.8, 4) is 0 Å². The van der Waals surface area contributed by atoms with E-state index >= 15 is 0 Å². The molecule has 0 bridgehead atoms. The van der Waals surface area contributed by atoms with E-state index in [2.05, 4.69) is 0 Å². The monoisotopic (exact) mass is 352 g/mol. The van der Waals surface area contributed by atoms with E-state index in [1.165, 1.54) is 19.9 Å². The largest absolute Gasteiger partial charge is 0.478 e. The van der Waals surface area contributed by atoms with Gasteiger partial charge in [0.15, 0.2) is 0 Å². The minimum atomic E-state index is -3.99. The summed E-state index contributed by atoms with van der Waals surface area (Å²) < 4.78 is 22.0. The molecule has 0 radical (unpaired) electrons. The maximum Gasteiger partial charge on any atom is 0.342 e. The van der Waals surface area contributed by atoms with Gasteiger partial charge in [-0.3, -0.25) is 0 Å². The number of aromatic carboxylic acids is 2. The Kier molecular flexibility index (Phi) is 3.81. The van der Waals surface area contributed by atoms with Crippen LogP contribution in [0.4, 0.5) is 0 Å². The zero-order chi connectivity index (χ0) is 13.3. The van der Waals surface area contributed by atoms with E-state index < -0.39 is 37.3 Å². The second-order valence-corrected chi connectivity index (χ2v) is 5.70. The van der Waals surface area contributed by atoms with Crippen molar-refractivity contribution in [2.24, 2.45) is 0 Å². The van der Waals surface area contributed by atoms with Crippen molar-refractivity contribution in [2.45, 2.75) is 13.8 Å². The van der Waals surface area contributed by atoms with Crippen LogP contribution in [0.1, 0.15) is 31.8 Å². The summed E-state index contributed by atoms with van der Waals surface area (Å²) in [6.07, 6.45) is 0. The van der Waals surface area contributed by atoms with Gasteiger partial charge in [0, 0.05) is 0 Å². The number of carbonyl (C=O) groups is 2. The molecule has 0 heterocycles. The number of hydrogen-bond acceptors (Lipinski definition) is 4. The first-order valence-electron chi connectivity index (χ1n) is 4.43. The molecule has 0 fully saturated rings. The number of carboxylic acids is 2. The highest BCUT2D eigenvalue weighted by molar-refractivity contribution is 14.2. The highest BCUT2D eigenvalue weighted by Gasteiger charge is 2.24. The first-order chi connectivity index (χ1) is 7.77. The summed E-state index contributed by atoms with van der Waals surface area (Å²) >= 11 is -3.99. The molecule has 0 aliphatic heterocycles. The van der Waals surface area contributed by atoms with E-state index in [1.54, 1.807) is 0 Å². The summed E-state index contributed by atoms with van der Waals surface area (Å²) in [5, 5.41) is 17.9. The molecule has 0 aliphatic rings. The minimum Gasteiger partial charge on any atom is -0.478 e. The average Bonchev–Trinajstić information content (AvgIpc) is 2.18. The number of halogens is 1. The Labute approximate surface area is 103 Å². The SMILES string of the molecule is Cc1cc(C(=O)O)c(C)c(C(=O)O)c1I(=O)=O. The molecule has 6 nitrogen and oxygen atoms in total. The van der Waals surface area contributed by atoms with Gasteiger partial charge in [-0.05, 0) is 31.0 Å². The van der Waals surface area contributed by atoms with Crippen LogP contribution in [0.2, 0.25) is 0 Å². The Morgan fingerprint density at radius 2 is 1.65 bits per heavy atom. The molecule has 0 aliphatic carbocycles. The van der Waals surface area contributed by atoms with E-state index in [9.17, 15) is 15.7 Å². The third-order valence-electron chi connectivity index (χ3n) is 2.30. The van der Waals surface area contributed by atoms with Gasteiger partial charge in [-0.25, -0.2) is 15.7 Å². The van der Waals surface area contributed by atoms with Crippen molar-refractivity contribution in [1.82, 2.24) is 0 Å². The van der Waals surface area contributed by atoms with Crippen LogP contribution in [0, 0.1) is 17.4 Å². The molecule has 0 amide bonds. The lowest BCUT2D eigenvalue weighted by Gasteiger charge is -2.09. The van der Waals surface area contributed by atoms with Crippen LogP contribution in [0.15, 0.2) is 6.07 Å². The Bertz CT molecular complexity index is 577. The van der Waals surface area contributed by atoms with Crippen molar-refractivity contribution in [2.75, 3.05) is 0 Å². The van der Waals surface area contributed by atoms with Crippen LogP contribution in [-0.2, 0) is 6.14 Å². The standard InChI is InChI=1S/C10H9IO6/c1-4-3-6(9(12)13)5(2)7(10(14)15)8(4)11(16)17/h3H,1-2H3,(H,12,13)(H,14,15).